The van der Waals surface area contributed by atoms with E-state index in [0.29, 0.717) is 28.5 Å². The van der Waals surface area contributed by atoms with Crippen LogP contribution in [0.2, 0.25) is 5.02 Å². The number of sulfonamides is 1. The quantitative estimate of drug-likeness (QED) is 0.357. The molecule has 10 nitrogen and oxygen atoms in total. The van der Waals surface area contributed by atoms with Gasteiger partial charge in [0.05, 0.1) is 24.8 Å². The Bertz CT molecular complexity index is 1390. The van der Waals surface area contributed by atoms with Crippen molar-refractivity contribution in [3.63, 3.8) is 0 Å². The number of nitrogens with one attached hydrogen (secondary N) is 1. The van der Waals surface area contributed by atoms with Gasteiger partial charge in [-0.05, 0) is 30.3 Å². The highest BCUT2D eigenvalue weighted by Gasteiger charge is 2.18. The molecule has 0 radical (unpaired) electrons. The summed E-state index contributed by atoms with van der Waals surface area (Å²) in [5, 5.41) is 12.9. The molecule has 172 valence electrons. The van der Waals surface area contributed by atoms with Crippen molar-refractivity contribution in [3.8, 4) is 28.8 Å². The Labute approximate surface area is 195 Å². The first-order valence-electron chi connectivity index (χ1n) is 9.75. The first-order valence-corrected chi connectivity index (χ1v) is 11.6. The molecule has 2 aromatic heterocycles. The van der Waals surface area contributed by atoms with Crippen LogP contribution in [0.3, 0.4) is 0 Å². The van der Waals surface area contributed by atoms with Gasteiger partial charge < -0.3 is 14.2 Å². The number of aromatic nitrogens is 4. The average Bonchev–Trinajstić information content (AvgIpc) is 3.24. The number of halogens is 1. The molecular formula is C21H20ClN5O5S. The fourth-order valence-corrected chi connectivity index (χ4v) is 4.60. The maximum Gasteiger partial charge on any atom is 0.242 e. The second-order valence-electron chi connectivity index (χ2n) is 6.71. The molecule has 0 aliphatic rings. The van der Waals surface area contributed by atoms with Crippen molar-refractivity contribution in [2.24, 2.45) is 0 Å². The zero-order valence-electron chi connectivity index (χ0n) is 17.7. The van der Waals surface area contributed by atoms with Gasteiger partial charge >= 0.3 is 0 Å². The van der Waals surface area contributed by atoms with E-state index in [4.69, 9.17) is 25.8 Å². The predicted molar refractivity (Wildman–Crippen MR) is 121 cm³/mol. The maximum absolute atomic E-state index is 12.4. The Kier molecular flexibility index (Phi) is 6.63. The van der Waals surface area contributed by atoms with E-state index in [9.17, 15) is 8.42 Å². The highest BCUT2D eigenvalue weighted by Crippen LogP contribution is 2.32. The van der Waals surface area contributed by atoms with Crippen molar-refractivity contribution < 1.29 is 22.6 Å². The van der Waals surface area contributed by atoms with Gasteiger partial charge in [-0.15, -0.1) is 15.3 Å². The summed E-state index contributed by atoms with van der Waals surface area (Å²) >= 11 is 5.98. The lowest BCUT2D eigenvalue weighted by Gasteiger charge is -2.10. The summed E-state index contributed by atoms with van der Waals surface area (Å²) in [4.78, 5) is 0.00813. The normalized spacial score (nSPS) is 11.5. The first kappa shape index (κ1) is 22.8. The lowest BCUT2D eigenvalue weighted by atomic mass is 10.2. The molecule has 0 unspecified atom stereocenters. The second-order valence-corrected chi connectivity index (χ2v) is 8.85. The minimum atomic E-state index is -3.76. The molecule has 0 fully saturated rings. The molecule has 0 bridgehead atoms. The Balaban J connectivity index is 1.49. The molecule has 0 amide bonds. The molecule has 0 saturated carbocycles. The molecule has 12 heteroatoms. The van der Waals surface area contributed by atoms with E-state index in [1.807, 2.05) is 0 Å². The van der Waals surface area contributed by atoms with Crippen molar-refractivity contribution in [1.82, 2.24) is 24.5 Å². The minimum Gasteiger partial charge on any atom is -0.497 e. The molecule has 0 atom stereocenters. The Morgan fingerprint density at radius 1 is 1.03 bits per heavy atom. The third kappa shape index (κ3) is 4.85. The number of benzene rings is 2. The maximum atomic E-state index is 12.4. The molecule has 2 aromatic carbocycles. The van der Waals surface area contributed by atoms with Gasteiger partial charge in [-0.3, -0.25) is 0 Å². The first-order chi connectivity index (χ1) is 15.9. The van der Waals surface area contributed by atoms with E-state index in [1.165, 1.54) is 16.6 Å². The smallest absolute Gasteiger partial charge is 0.242 e. The number of hydrogen-bond acceptors (Lipinski definition) is 8. The number of rotatable bonds is 9. The highest BCUT2D eigenvalue weighted by molar-refractivity contribution is 7.89. The van der Waals surface area contributed by atoms with Gasteiger partial charge in [-0.2, -0.15) is 4.52 Å². The Morgan fingerprint density at radius 3 is 2.61 bits per heavy atom. The van der Waals surface area contributed by atoms with Crippen LogP contribution in [0, 0.1) is 0 Å². The van der Waals surface area contributed by atoms with Crippen LogP contribution in [0.1, 0.15) is 0 Å². The summed E-state index contributed by atoms with van der Waals surface area (Å²) < 4.78 is 45.1. The monoisotopic (exact) mass is 489 g/mol. The molecule has 4 aromatic rings. The van der Waals surface area contributed by atoms with Crippen LogP contribution in [0.25, 0.3) is 17.0 Å². The van der Waals surface area contributed by atoms with Crippen LogP contribution in [-0.2, 0) is 10.0 Å². The van der Waals surface area contributed by atoms with Crippen molar-refractivity contribution in [2.75, 3.05) is 27.4 Å². The van der Waals surface area contributed by atoms with Crippen LogP contribution >= 0.6 is 11.6 Å². The average molecular weight is 490 g/mol. The van der Waals surface area contributed by atoms with Crippen LogP contribution in [0.4, 0.5) is 0 Å². The van der Waals surface area contributed by atoms with E-state index >= 15 is 0 Å². The number of hydrogen-bond donors (Lipinski definition) is 1. The number of fused-ring (bicyclic) bond motifs is 1. The van der Waals surface area contributed by atoms with Gasteiger partial charge in [0.15, 0.2) is 11.5 Å². The topological polar surface area (TPSA) is 117 Å². The Hall–Kier alpha value is -3.41. The van der Waals surface area contributed by atoms with Gasteiger partial charge in [-0.1, -0.05) is 23.7 Å². The van der Waals surface area contributed by atoms with E-state index in [2.05, 4.69) is 20.0 Å². The lowest BCUT2D eigenvalue weighted by Crippen LogP contribution is -2.28. The van der Waals surface area contributed by atoms with Gasteiger partial charge in [0, 0.05) is 18.7 Å². The number of nitrogens with zero attached hydrogens (tertiary/aromatic N) is 4. The van der Waals surface area contributed by atoms with Crippen LogP contribution in [0.15, 0.2) is 59.5 Å². The molecular weight excluding hydrogens is 470 g/mol. The molecule has 4 rings (SSSR count). The predicted octanol–water partition coefficient (Wildman–Crippen LogP) is 2.82. The molecule has 0 spiro atoms. The fourth-order valence-electron chi connectivity index (χ4n) is 3.07. The summed E-state index contributed by atoms with van der Waals surface area (Å²) in [6.45, 7) is 0.0696. The van der Waals surface area contributed by atoms with Gasteiger partial charge in [-0.25, -0.2) is 13.1 Å². The molecule has 33 heavy (non-hydrogen) atoms. The largest absolute Gasteiger partial charge is 0.497 e. The third-order valence-electron chi connectivity index (χ3n) is 4.66. The van der Waals surface area contributed by atoms with Crippen LogP contribution < -0.4 is 18.9 Å². The minimum absolute atomic E-state index is 0.00813. The molecule has 0 aliphatic carbocycles. The van der Waals surface area contributed by atoms with E-state index in [-0.39, 0.29) is 28.9 Å². The van der Waals surface area contributed by atoms with Gasteiger partial charge in [0.25, 0.3) is 0 Å². The Morgan fingerprint density at radius 2 is 1.85 bits per heavy atom. The van der Waals surface area contributed by atoms with Crippen molar-refractivity contribution in [2.45, 2.75) is 4.90 Å². The van der Waals surface area contributed by atoms with Gasteiger partial charge in [0.2, 0.25) is 15.9 Å². The zero-order valence-corrected chi connectivity index (χ0v) is 19.3. The lowest BCUT2D eigenvalue weighted by molar-refractivity contribution is 0.306. The standard InChI is InChI=1S/C21H20ClN5O5S/c1-30-14-7-8-15(17(13-14)31-2)21-25-24-19-9-10-20(26-27(19)21)32-12-11-23-33(28,29)18-6-4-3-5-16(18)22/h3-10,13,23H,11-12H2,1-2H3. The molecule has 0 saturated heterocycles. The summed E-state index contributed by atoms with van der Waals surface area (Å²) in [7, 11) is -0.640. The number of ether oxygens (including phenoxy) is 3. The number of methoxy groups -OCH3 is 2. The van der Waals surface area contributed by atoms with Gasteiger partial charge in [0.1, 0.15) is 23.0 Å². The zero-order chi connectivity index (χ0) is 23.4. The van der Waals surface area contributed by atoms with Crippen molar-refractivity contribution in [1.29, 1.82) is 0 Å². The van der Waals surface area contributed by atoms with Crippen molar-refractivity contribution in [3.05, 3.63) is 59.6 Å². The summed E-state index contributed by atoms with van der Waals surface area (Å²) in [6.07, 6.45) is 0. The van der Waals surface area contributed by atoms with Crippen molar-refractivity contribution >= 4 is 27.3 Å². The third-order valence-corrected chi connectivity index (χ3v) is 6.62. The van der Waals surface area contributed by atoms with Crippen LogP contribution in [-0.4, -0.2) is 55.6 Å². The molecule has 1 N–H and O–H groups in total. The van der Waals surface area contributed by atoms with E-state index in [0.717, 1.165) is 0 Å². The highest BCUT2D eigenvalue weighted by atomic mass is 35.5. The van der Waals surface area contributed by atoms with E-state index in [1.54, 1.807) is 56.7 Å². The fraction of sp³-hybridized carbons (Fsp3) is 0.190. The summed E-state index contributed by atoms with van der Waals surface area (Å²) in [5.74, 6) is 1.91. The SMILES string of the molecule is COc1ccc(-c2nnc3ccc(OCCNS(=O)(=O)c4ccccc4Cl)nn23)c(OC)c1. The second kappa shape index (κ2) is 9.61. The summed E-state index contributed by atoms with van der Waals surface area (Å²) in [5.41, 5.74) is 1.18. The molecule has 2 heterocycles. The summed E-state index contributed by atoms with van der Waals surface area (Å²) in [6, 6.07) is 14.9. The van der Waals surface area contributed by atoms with Crippen LogP contribution in [0.5, 0.6) is 17.4 Å². The van der Waals surface area contributed by atoms with E-state index < -0.39 is 10.0 Å². The molecule has 0 aliphatic heterocycles.